The van der Waals surface area contributed by atoms with Crippen molar-refractivity contribution in [2.24, 2.45) is 0 Å². The maximum absolute atomic E-state index is 9.68. The van der Waals surface area contributed by atoms with E-state index in [1.54, 1.807) is 6.07 Å². The molecule has 0 atom stereocenters. The van der Waals surface area contributed by atoms with Gasteiger partial charge in [0.15, 0.2) is 5.58 Å². The van der Waals surface area contributed by atoms with Crippen LogP contribution in [0, 0.1) is 0 Å². The van der Waals surface area contributed by atoms with E-state index in [0.29, 0.717) is 11.4 Å². The summed E-state index contributed by atoms with van der Waals surface area (Å²) in [7, 11) is -1.51. The van der Waals surface area contributed by atoms with Gasteiger partial charge < -0.3 is 14.5 Å². The van der Waals surface area contributed by atoms with Gasteiger partial charge in [0, 0.05) is 5.56 Å². The summed E-state index contributed by atoms with van der Waals surface area (Å²) >= 11 is 0. The highest BCUT2D eigenvalue weighted by molar-refractivity contribution is 6.62. The number of para-hydroxylation sites is 2. The van der Waals surface area contributed by atoms with E-state index < -0.39 is 7.12 Å². The van der Waals surface area contributed by atoms with Crippen LogP contribution in [0.4, 0.5) is 0 Å². The van der Waals surface area contributed by atoms with Gasteiger partial charge in [0.05, 0.1) is 0 Å². The molecule has 0 fully saturated rings. The molecule has 5 aromatic rings. The van der Waals surface area contributed by atoms with Crippen molar-refractivity contribution in [2.45, 2.75) is 0 Å². The molecule has 4 aromatic carbocycles. The first-order chi connectivity index (χ1) is 13.7. The zero-order valence-corrected chi connectivity index (χ0v) is 14.9. The Hall–Kier alpha value is -3.41. The Labute approximate surface area is 161 Å². The van der Waals surface area contributed by atoms with Crippen molar-refractivity contribution in [3.8, 4) is 22.6 Å². The van der Waals surface area contributed by atoms with Gasteiger partial charge in [-0.2, -0.15) is 0 Å². The van der Waals surface area contributed by atoms with Crippen LogP contribution in [0.3, 0.4) is 0 Å². The van der Waals surface area contributed by atoms with E-state index in [-0.39, 0.29) is 0 Å². The molecular formula is C23H16BNO3. The molecule has 5 heteroatoms. The lowest BCUT2D eigenvalue weighted by atomic mass is 9.76. The zero-order chi connectivity index (χ0) is 19.1. The first-order valence-corrected chi connectivity index (χ1v) is 9.05. The van der Waals surface area contributed by atoms with Gasteiger partial charge >= 0.3 is 7.12 Å². The van der Waals surface area contributed by atoms with Gasteiger partial charge in [-0.1, -0.05) is 60.7 Å². The predicted octanol–water partition coefficient (Wildman–Crippen LogP) is 3.99. The SMILES string of the molecule is OB(O)c1ccc(-c2cccc(-c3nc4ccccc4o3)c2)c2ccccc12. The fourth-order valence-corrected chi connectivity index (χ4v) is 3.61. The fraction of sp³-hybridized carbons (Fsp3) is 0. The molecular weight excluding hydrogens is 349 g/mol. The highest BCUT2D eigenvalue weighted by atomic mass is 16.4. The minimum Gasteiger partial charge on any atom is -0.436 e. The first-order valence-electron chi connectivity index (χ1n) is 9.05. The molecule has 0 unspecified atom stereocenters. The number of benzene rings is 4. The molecule has 28 heavy (non-hydrogen) atoms. The normalized spacial score (nSPS) is 11.2. The third kappa shape index (κ3) is 2.78. The summed E-state index contributed by atoms with van der Waals surface area (Å²) in [5, 5.41) is 21.1. The molecule has 0 spiro atoms. The van der Waals surface area contributed by atoms with Crippen molar-refractivity contribution >= 4 is 34.5 Å². The third-order valence-corrected chi connectivity index (χ3v) is 4.95. The topological polar surface area (TPSA) is 66.5 Å². The van der Waals surface area contributed by atoms with Crippen LogP contribution < -0.4 is 5.46 Å². The Morgan fingerprint density at radius 1 is 0.714 bits per heavy atom. The molecule has 0 saturated heterocycles. The Balaban J connectivity index is 1.67. The summed E-state index contributed by atoms with van der Waals surface area (Å²) in [6.07, 6.45) is 0. The molecule has 0 aliphatic carbocycles. The molecule has 134 valence electrons. The van der Waals surface area contributed by atoms with Gasteiger partial charge in [0.2, 0.25) is 5.89 Å². The van der Waals surface area contributed by atoms with Gasteiger partial charge in [0.25, 0.3) is 0 Å². The highest BCUT2D eigenvalue weighted by Gasteiger charge is 2.17. The number of hydrogen-bond acceptors (Lipinski definition) is 4. The predicted molar refractivity (Wildman–Crippen MR) is 112 cm³/mol. The summed E-state index contributed by atoms with van der Waals surface area (Å²) in [5.74, 6) is 0.578. The van der Waals surface area contributed by atoms with Crippen LogP contribution in [-0.2, 0) is 0 Å². The monoisotopic (exact) mass is 365 g/mol. The second kappa shape index (κ2) is 6.64. The van der Waals surface area contributed by atoms with E-state index in [0.717, 1.165) is 38.6 Å². The quantitative estimate of drug-likeness (QED) is 0.475. The number of aromatic nitrogens is 1. The number of rotatable bonds is 3. The Morgan fingerprint density at radius 2 is 1.46 bits per heavy atom. The molecule has 0 amide bonds. The summed E-state index contributed by atoms with van der Waals surface area (Å²) in [6, 6.07) is 27.1. The summed E-state index contributed by atoms with van der Waals surface area (Å²) in [6.45, 7) is 0. The smallest absolute Gasteiger partial charge is 0.436 e. The van der Waals surface area contributed by atoms with E-state index in [9.17, 15) is 10.0 Å². The van der Waals surface area contributed by atoms with Gasteiger partial charge in [-0.15, -0.1) is 0 Å². The van der Waals surface area contributed by atoms with Crippen LogP contribution in [0.5, 0.6) is 0 Å². The summed E-state index contributed by atoms with van der Waals surface area (Å²) in [4.78, 5) is 4.58. The first kappa shape index (κ1) is 16.7. The summed E-state index contributed by atoms with van der Waals surface area (Å²) in [5.41, 5.74) is 5.00. The Morgan fingerprint density at radius 3 is 2.29 bits per heavy atom. The van der Waals surface area contributed by atoms with Crippen LogP contribution in [0.1, 0.15) is 0 Å². The molecule has 0 aliphatic rings. The van der Waals surface area contributed by atoms with Crippen molar-refractivity contribution in [1.29, 1.82) is 0 Å². The van der Waals surface area contributed by atoms with Crippen molar-refractivity contribution in [3.63, 3.8) is 0 Å². The highest BCUT2D eigenvalue weighted by Crippen LogP contribution is 2.32. The molecule has 0 saturated carbocycles. The Kier molecular flexibility index (Phi) is 3.97. The molecule has 1 heterocycles. The van der Waals surface area contributed by atoms with Gasteiger partial charge in [-0.3, -0.25) is 0 Å². The zero-order valence-electron chi connectivity index (χ0n) is 14.9. The maximum Gasteiger partial charge on any atom is 0.489 e. The van der Waals surface area contributed by atoms with E-state index >= 15 is 0 Å². The molecule has 0 radical (unpaired) electrons. The largest absolute Gasteiger partial charge is 0.489 e. The van der Waals surface area contributed by atoms with Gasteiger partial charge in [-0.05, 0) is 51.6 Å². The van der Waals surface area contributed by atoms with Crippen LogP contribution in [0.2, 0.25) is 0 Å². The van der Waals surface area contributed by atoms with Crippen LogP contribution in [-0.4, -0.2) is 22.2 Å². The molecule has 0 aliphatic heterocycles. The molecule has 1 aromatic heterocycles. The van der Waals surface area contributed by atoms with E-state index in [1.807, 2.05) is 78.9 Å². The molecule has 5 rings (SSSR count). The summed E-state index contributed by atoms with van der Waals surface area (Å²) < 4.78 is 5.91. The lowest BCUT2D eigenvalue weighted by molar-refractivity contribution is 0.426. The number of hydrogen-bond donors (Lipinski definition) is 2. The lowest BCUT2D eigenvalue weighted by Gasteiger charge is -2.11. The third-order valence-electron chi connectivity index (χ3n) is 4.95. The molecule has 0 bridgehead atoms. The standard InChI is InChI=1S/C23H16BNO3/c26-24(27)20-13-12-17(18-8-1-2-9-19(18)20)15-6-5-7-16(14-15)23-25-21-10-3-4-11-22(21)28-23/h1-14,26-27H. The Bertz CT molecular complexity index is 1280. The van der Waals surface area contributed by atoms with Gasteiger partial charge in [0.1, 0.15) is 5.52 Å². The minimum atomic E-state index is -1.51. The molecule has 2 N–H and O–H groups in total. The maximum atomic E-state index is 9.68. The van der Waals surface area contributed by atoms with Crippen LogP contribution in [0.15, 0.2) is 89.3 Å². The van der Waals surface area contributed by atoms with Crippen LogP contribution in [0.25, 0.3) is 44.5 Å². The van der Waals surface area contributed by atoms with E-state index in [1.165, 1.54) is 0 Å². The van der Waals surface area contributed by atoms with Crippen molar-refractivity contribution < 1.29 is 14.5 Å². The number of nitrogens with zero attached hydrogens (tertiary/aromatic N) is 1. The van der Waals surface area contributed by atoms with Crippen molar-refractivity contribution in [2.75, 3.05) is 0 Å². The second-order valence-corrected chi connectivity index (χ2v) is 6.69. The van der Waals surface area contributed by atoms with Crippen molar-refractivity contribution in [3.05, 3.63) is 84.9 Å². The van der Waals surface area contributed by atoms with Gasteiger partial charge in [-0.25, -0.2) is 4.98 Å². The lowest BCUT2D eigenvalue weighted by Crippen LogP contribution is -2.30. The number of oxazole rings is 1. The molecule has 4 nitrogen and oxygen atoms in total. The van der Waals surface area contributed by atoms with E-state index in [4.69, 9.17) is 4.42 Å². The number of fused-ring (bicyclic) bond motifs is 2. The van der Waals surface area contributed by atoms with Crippen LogP contribution >= 0.6 is 0 Å². The fourth-order valence-electron chi connectivity index (χ4n) is 3.61. The van der Waals surface area contributed by atoms with Crippen molar-refractivity contribution in [1.82, 2.24) is 4.98 Å². The average molecular weight is 365 g/mol. The second-order valence-electron chi connectivity index (χ2n) is 6.69. The average Bonchev–Trinajstić information content (AvgIpc) is 3.17. The minimum absolute atomic E-state index is 0.495. The van der Waals surface area contributed by atoms with E-state index in [2.05, 4.69) is 4.98 Å².